The monoisotopic (exact) mass is 312 g/mol. The molecule has 5 nitrogen and oxygen atoms in total. The molecule has 104 valence electrons. The Morgan fingerprint density at radius 3 is 2.85 bits per heavy atom. The molecule has 0 amide bonds. The molecule has 1 atom stereocenters. The maximum Gasteiger partial charge on any atom is 0.354 e. The predicted molar refractivity (Wildman–Crippen MR) is 73.8 cm³/mol. The van der Waals surface area contributed by atoms with Gasteiger partial charge in [-0.25, -0.2) is 9.78 Å². The zero-order chi connectivity index (χ0) is 14.4. The number of aromatic carboxylic acids is 1. The van der Waals surface area contributed by atoms with Crippen molar-refractivity contribution in [2.75, 3.05) is 0 Å². The topological polar surface area (TPSA) is 75.3 Å². The van der Waals surface area contributed by atoms with Crippen LogP contribution in [0.25, 0.3) is 0 Å². The third kappa shape index (κ3) is 1.94. The molecule has 2 aromatic rings. The summed E-state index contributed by atoms with van der Waals surface area (Å²) in [6.07, 6.45) is 1.86. The Balaban J connectivity index is 2.01. The number of halogens is 2. The Labute approximate surface area is 124 Å². The van der Waals surface area contributed by atoms with Gasteiger partial charge < -0.3 is 14.8 Å². The largest absolute Gasteiger partial charge is 0.508 e. The number of aromatic hydroxyl groups is 1. The third-order valence-corrected chi connectivity index (χ3v) is 4.33. The average molecular weight is 313 g/mol. The van der Waals surface area contributed by atoms with Crippen LogP contribution in [0.1, 0.15) is 27.8 Å². The van der Waals surface area contributed by atoms with Gasteiger partial charge in [-0.3, -0.25) is 0 Å². The zero-order valence-corrected chi connectivity index (χ0v) is 11.7. The summed E-state index contributed by atoms with van der Waals surface area (Å²) in [5, 5.41) is 19.7. The normalized spacial score (nSPS) is 17.2. The van der Waals surface area contributed by atoms with E-state index in [0.717, 1.165) is 0 Å². The number of phenolic OH excluding ortho intramolecular Hbond substituents is 1. The SMILES string of the molecule is O=C(O)c1cnc2n1CC(c1c(O)ccc(Cl)c1Cl)C2. The lowest BCUT2D eigenvalue weighted by Crippen LogP contribution is -2.09. The number of carboxylic acid groups (broad SMARTS) is 1. The van der Waals surface area contributed by atoms with Gasteiger partial charge in [0.1, 0.15) is 17.3 Å². The zero-order valence-electron chi connectivity index (χ0n) is 10.2. The number of imidazole rings is 1. The Bertz CT molecular complexity index is 712. The minimum atomic E-state index is -1.02. The molecule has 0 saturated heterocycles. The molecule has 3 rings (SSSR count). The number of benzene rings is 1. The summed E-state index contributed by atoms with van der Waals surface area (Å²) >= 11 is 12.1. The number of hydrogen-bond donors (Lipinski definition) is 2. The summed E-state index contributed by atoms with van der Waals surface area (Å²) in [7, 11) is 0. The predicted octanol–water partition coefficient (Wildman–Crippen LogP) is 2.93. The maximum atomic E-state index is 11.1. The van der Waals surface area contributed by atoms with Crippen LogP contribution in [0.4, 0.5) is 0 Å². The Hall–Kier alpha value is -1.72. The first-order valence-corrected chi connectivity index (χ1v) is 6.69. The molecular weight excluding hydrogens is 303 g/mol. The Morgan fingerprint density at radius 1 is 1.40 bits per heavy atom. The first kappa shape index (κ1) is 13.3. The van der Waals surface area contributed by atoms with E-state index >= 15 is 0 Å². The lowest BCUT2D eigenvalue weighted by Gasteiger charge is -2.14. The molecule has 20 heavy (non-hydrogen) atoms. The van der Waals surface area contributed by atoms with Gasteiger partial charge in [-0.05, 0) is 12.1 Å². The number of nitrogens with zero attached hydrogens (tertiary/aromatic N) is 2. The van der Waals surface area contributed by atoms with Gasteiger partial charge >= 0.3 is 5.97 Å². The quantitative estimate of drug-likeness (QED) is 0.894. The first-order chi connectivity index (χ1) is 9.49. The van der Waals surface area contributed by atoms with Crippen LogP contribution in [0.2, 0.25) is 10.0 Å². The molecule has 7 heteroatoms. The van der Waals surface area contributed by atoms with Crippen molar-refractivity contribution in [1.29, 1.82) is 0 Å². The average Bonchev–Trinajstić information content (AvgIpc) is 2.93. The van der Waals surface area contributed by atoms with E-state index in [1.165, 1.54) is 18.3 Å². The molecule has 0 bridgehead atoms. The molecule has 0 fully saturated rings. The second-order valence-electron chi connectivity index (χ2n) is 4.67. The molecule has 1 aliphatic rings. The van der Waals surface area contributed by atoms with Crippen molar-refractivity contribution in [2.45, 2.75) is 18.9 Å². The van der Waals surface area contributed by atoms with Gasteiger partial charge in [0.15, 0.2) is 0 Å². The fourth-order valence-corrected chi connectivity index (χ4v) is 3.07. The molecule has 2 N–H and O–H groups in total. The van der Waals surface area contributed by atoms with E-state index < -0.39 is 5.97 Å². The van der Waals surface area contributed by atoms with Crippen LogP contribution in [-0.2, 0) is 13.0 Å². The number of rotatable bonds is 2. The third-order valence-electron chi connectivity index (χ3n) is 3.51. The van der Waals surface area contributed by atoms with Gasteiger partial charge in [0.2, 0.25) is 0 Å². The maximum absolute atomic E-state index is 11.1. The van der Waals surface area contributed by atoms with Crippen molar-refractivity contribution >= 4 is 29.2 Å². The van der Waals surface area contributed by atoms with E-state index in [1.54, 1.807) is 4.57 Å². The van der Waals surface area contributed by atoms with E-state index in [1.807, 2.05) is 0 Å². The number of carboxylic acids is 1. The molecule has 2 heterocycles. The second-order valence-corrected chi connectivity index (χ2v) is 5.46. The van der Waals surface area contributed by atoms with Crippen molar-refractivity contribution in [1.82, 2.24) is 9.55 Å². The second kappa shape index (κ2) is 4.68. The Kier molecular flexibility index (Phi) is 3.11. The van der Waals surface area contributed by atoms with Gasteiger partial charge in [-0.2, -0.15) is 0 Å². The number of fused-ring (bicyclic) bond motifs is 1. The minimum Gasteiger partial charge on any atom is -0.508 e. The van der Waals surface area contributed by atoms with E-state index in [2.05, 4.69) is 4.98 Å². The molecular formula is C13H10Cl2N2O3. The van der Waals surface area contributed by atoms with E-state index in [9.17, 15) is 9.90 Å². The highest BCUT2D eigenvalue weighted by atomic mass is 35.5. The summed E-state index contributed by atoms with van der Waals surface area (Å²) in [5.74, 6) is -0.427. The summed E-state index contributed by atoms with van der Waals surface area (Å²) in [6.45, 7) is 0.407. The van der Waals surface area contributed by atoms with Crippen molar-refractivity contribution in [3.63, 3.8) is 0 Å². The molecule has 0 radical (unpaired) electrons. The van der Waals surface area contributed by atoms with Crippen molar-refractivity contribution in [3.05, 3.63) is 45.5 Å². The number of aromatic nitrogens is 2. The smallest absolute Gasteiger partial charge is 0.354 e. The fourth-order valence-electron chi connectivity index (χ4n) is 2.59. The highest BCUT2D eigenvalue weighted by Crippen LogP contribution is 2.41. The van der Waals surface area contributed by atoms with Gasteiger partial charge in [-0.1, -0.05) is 23.2 Å². The summed E-state index contributed by atoms with van der Waals surface area (Å²) in [6, 6.07) is 3.02. The van der Waals surface area contributed by atoms with Crippen LogP contribution in [0.15, 0.2) is 18.3 Å². The number of hydrogen-bond acceptors (Lipinski definition) is 3. The molecule has 1 unspecified atom stereocenters. The highest BCUT2D eigenvalue weighted by Gasteiger charge is 2.31. The number of carbonyl (C=O) groups is 1. The minimum absolute atomic E-state index is 0.0621. The molecule has 0 spiro atoms. The summed E-state index contributed by atoms with van der Waals surface area (Å²) < 4.78 is 1.63. The standard InChI is InChI=1S/C13H10Cl2N2O3/c14-7-1-2-9(18)11(12(7)15)6-3-10-16-4-8(13(19)20)17(10)5-6/h1-2,4,6,18H,3,5H2,(H,19,20). The van der Waals surface area contributed by atoms with Gasteiger partial charge in [0.05, 0.1) is 16.2 Å². The van der Waals surface area contributed by atoms with Crippen molar-refractivity contribution in [2.24, 2.45) is 0 Å². The molecule has 1 aliphatic heterocycles. The summed E-state index contributed by atoms with van der Waals surface area (Å²) in [5.41, 5.74) is 0.682. The van der Waals surface area contributed by atoms with Crippen LogP contribution < -0.4 is 0 Å². The van der Waals surface area contributed by atoms with Crippen LogP contribution in [0.3, 0.4) is 0 Å². The van der Waals surface area contributed by atoms with E-state index in [4.69, 9.17) is 28.3 Å². The molecule has 0 saturated carbocycles. The van der Waals surface area contributed by atoms with Gasteiger partial charge in [-0.15, -0.1) is 0 Å². The van der Waals surface area contributed by atoms with Crippen molar-refractivity contribution in [3.8, 4) is 5.75 Å². The van der Waals surface area contributed by atoms with Gasteiger partial charge in [0, 0.05) is 24.4 Å². The lowest BCUT2D eigenvalue weighted by molar-refractivity contribution is 0.0685. The van der Waals surface area contributed by atoms with Crippen LogP contribution in [0.5, 0.6) is 5.75 Å². The lowest BCUT2D eigenvalue weighted by atomic mass is 9.96. The molecule has 0 aliphatic carbocycles. The Morgan fingerprint density at radius 2 is 2.15 bits per heavy atom. The van der Waals surface area contributed by atoms with Crippen LogP contribution in [0, 0.1) is 0 Å². The number of phenols is 1. The first-order valence-electron chi connectivity index (χ1n) is 5.93. The van der Waals surface area contributed by atoms with Gasteiger partial charge in [0.25, 0.3) is 0 Å². The van der Waals surface area contributed by atoms with Crippen molar-refractivity contribution < 1.29 is 15.0 Å². The molecule has 1 aromatic heterocycles. The van der Waals surface area contributed by atoms with E-state index in [0.29, 0.717) is 34.4 Å². The van der Waals surface area contributed by atoms with Crippen LogP contribution >= 0.6 is 23.2 Å². The van der Waals surface area contributed by atoms with Crippen LogP contribution in [-0.4, -0.2) is 25.7 Å². The highest BCUT2D eigenvalue weighted by molar-refractivity contribution is 6.42. The fraction of sp³-hybridized carbons (Fsp3) is 0.231. The molecule has 1 aromatic carbocycles. The summed E-state index contributed by atoms with van der Waals surface area (Å²) in [4.78, 5) is 15.2. The van der Waals surface area contributed by atoms with E-state index in [-0.39, 0.29) is 17.4 Å².